The van der Waals surface area contributed by atoms with Gasteiger partial charge in [0.1, 0.15) is 0 Å². The molecule has 2 aromatic heterocycles. The quantitative estimate of drug-likeness (QED) is 0.659. The maximum atomic E-state index is 13.6. The first-order valence-electron chi connectivity index (χ1n) is 11.0. The third-order valence-electron chi connectivity index (χ3n) is 6.70. The number of hydrogen-bond acceptors (Lipinski definition) is 4. The molecule has 2 aliphatic rings. The monoisotopic (exact) mass is 404 g/mol. The molecule has 2 atom stereocenters. The van der Waals surface area contributed by atoms with Crippen molar-refractivity contribution in [2.24, 2.45) is 0 Å². The lowest BCUT2D eigenvalue weighted by molar-refractivity contribution is 0.0609. The summed E-state index contributed by atoms with van der Waals surface area (Å²) in [4.78, 5) is 17.1. The maximum absolute atomic E-state index is 13.6. The standard InChI is InChI=1S/C23H28N6O/c1-17-10-11-18(19-14-26-28(16-19)20-6-2-3-7-20)15-27(17)23(30)21-8-4-5-9-22(21)29-24-12-13-25-29/h4-5,8-9,12-14,16-18,20H,2-3,6-7,10-11,15H2,1H3/t17-,18-/m1/s1. The van der Waals surface area contributed by atoms with Gasteiger partial charge in [-0.3, -0.25) is 9.48 Å². The number of nitrogens with zero attached hydrogens (tertiary/aromatic N) is 6. The first-order valence-corrected chi connectivity index (χ1v) is 11.0. The fraction of sp³-hybridized carbons (Fsp3) is 0.478. The van der Waals surface area contributed by atoms with Crippen LogP contribution in [0.3, 0.4) is 0 Å². The summed E-state index contributed by atoms with van der Waals surface area (Å²) in [6, 6.07) is 8.33. The number of carbonyl (C=O) groups is 1. The molecule has 1 saturated carbocycles. The number of benzene rings is 1. The molecule has 7 nitrogen and oxygen atoms in total. The molecule has 0 N–H and O–H groups in total. The highest BCUT2D eigenvalue weighted by atomic mass is 16.2. The maximum Gasteiger partial charge on any atom is 0.256 e. The number of likely N-dealkylation sites (tertiary alicyclic amines) is 1. The van der Waals surface area contributed by atoms with E-state index < -0.39 is 0 Å². The zero-order valence-electron chi connectivity index (χ0n) is 17.4. The molecular weight excluding hydrogens is 376 g/mol. The summed E-state index contributed by atoms with van der Waals surface area (Å²) in [7, 11) is 0. The van der Waals surface area contributed by atoms with Gasteiger partial charge in [-0.25, -0.2) is 0 Å². The van der Waals surface area contributed by atoms with E-state index in [0.29, 0.717) is 17.5 Å². The highest BCUT2D eigenvalue weighted by Gasteiger charge is 2.32. The molecule has 0 bridgehead atoms. The zero-order chi connectivity index (χ0) is 20.5. The lowest BCUT2D eigenvalue weighted by atomic mass is 9.89. The van der Waals surface area contributed by atoms with E-state index in [9.17, 15) is 4.79 Å². The van der Waals surface area contributed by atoms with E-state index in [-0.39, 0.29) is 11.9 Å². The molecule has 3 heterocycles. The Hall–Kier alpha value is -2.96. The van der Waals surface area contributed by atoms with Crippen LogP contribution < -0.4 is 0 Å². The van der Waals surface area contributed by atoms with Crippen molar-refractivity contribution in [3.05, 3.63) is 60.2 Å². The molecule has 1 aromatic carbocycles. The van der Waals surface area contributed by atoms with E-state index in [4.69, 9.17) is 0 Å². The van der Waals surface area contributed by atoms with Crippen molar-refractivity contribution in [3.63, 3.8) is 0 Å². The van der Waals surface area contributed by atoms with Crippen LogP contribution in [0.25, 0.3) is 5.69 Å². The Bertz CT molecular complexity index is 1000. The molecule has 1 saturated heterocycles. The SMILES string of the molecule is C[C@@H]1CC[C@@H](c2cnn(C3CCCC3)c2)CN1C(=O)c1ccccc1-n1nccn1. The van der Waals surface area contributed by atoms with Crippen LogP contribution in [0.15, 0.2) is 49.1 Å². The zero-order valence-corrected chi connectivity index (χ0v) is 17.4. The molecule has 0 radical (unpaired) electrons. The molecule has 1 aliphatic heterocycles. The first-order chi connectivity index (χ1) is 14.7. The van der Waals surface area contributed by atoms with Crippen molar-refractivity contribution in [1.29, 1.82) is 0 Å². The Morgan fingerprint density at radius 1 is 1.00 bits per heavy atom. The summed E-state index contributed by atoms with van der Waals surface area (Å²) >= 11 is 0. The van der Waals surface area contributed by atoms with Gasteiger partial charge in [0.05, 0.1) is 35.9 Å². The molecular formula is C23H28N6O. The van der Waals surface area contributed by atoms with Gasteiger partial charge in [0.15, 0.2) is 0 Å². The number of carbonyl (C=O) groups excluding carboxylic acids is 1. The largest absolute Gasteiger partial charge is 0.335 e. The number of hydrogen-bond donors (Lipinski definition) is 0. The normalized spacial score (nSPS) is 22.5. The van der Waals surface area contributed by atoms with Crippen LogP contribution in [-0.2, 0) is 0 Å². The number of aromatic nitrogens is 5. The molecule has 156 valence electrons. The molecule has 3 aromatic rings. The van der Waals surface area contributed by atoms with Crippen LogP contribution in [0.4, 0.5) is 0 Å². The minimum Gasteiger partial charge on any atom is -0.335 e. The smallest absolute Gasteiger partial charge is 0.256 e. The van der Waals surface area contributed by atoms with Gasteiger partial charge in [-0.15, -0.1) is 0 Å². The minimum absolute atomic E-state index is 0.0447. The Labute approximate surface area is 176 Å². The van der Waals surface area contributed by atoms with Crippen molar-refractivity contribution in [2.75, 3.05) is 6.54 Å². The number of piperidine rings is 1. The third kappa shape index (κ3) is 3.53. The topological polar surface area (TPSA) is 68.8 Å². The highest BCUT2D eigenvalue weighted by molar-refractivity contribution is 5.98. The van der Waals surface area contributed by atoms with Crippen LogP contribution in [0.1, 0.15) is 73.3 Å². The molecule has 30 heavy (non-hydrogen) atoms. The minimum atomic E-state index is 0.0447. The molecule has 2 fully saturated rings. The Balaban J connectivity index is 1.38. The molecule has 0 unspecified atom stereocenters. The van der Waals surface area contributed by atoms with Crippen LogP contribution in [0, 0.1) is 0 Å². The lowest BCUT2D eigenvalue weighted by Gasteiger charge is -2.38. The Morgan fingerprint density at radius 3 is 2.57 bits per heavy atom. The number of amides is 1. The summed E-state index contributed by atoms with van der Waals surface area (Å²) in [6.45, 7) is 2.86. The van der Waals surface area contributed by atoms with E-state index in [2.05, 4.69) is 33.1 Å². The average molecular weight is 405 g/mol. The van der Waals surface area contributed by atoms with E-state index >= 15 is 0 Å². The van der Waals surface area contributed by atoms with E-state index in [1.165, 1.54) is 36.0 Å². The molecule has 5 rings (SSSR count). The fourth-order valence-electron chi connectivity index (χ4n) is 4.92. The van der Waals surface area contributed by atoms with Gasteiger partial charge < -0.3 is 4.90 Å². The van der Waals surface area contributed by atoms with Gasteiger partial charge in [0.25, 0.3) is 5.91 Å². The van der Waals surface area contributed by atoms with Gasteiger partial charge in [0.2, 0.25) is 0 Å². The van der Waals surface area contributed by atoms with Gasteiger partial charge in [-0.2, -0.15) is 20.1 Å². The van der Waals surface area contributed by atoms with Crippen molar-refractivity contribution in [3.8, 4) is 5.69 Å². The Kier molecular flexibility index (Phi) is 5.11. The predicted molar refractivity (Wildman–Crippen MR) is 114 cm³/mol. The fourth-order valence-corrected chi connectivity index (χ4v) is 4.92. The van der Waals surface area contributed by atoms with Crippen molar-refractivity contribution in [1.82, 2.24) is 29.7 Å². The Morgan fingerprint density at radius 2 is 1.77 bits per heavy atom. The van der Waals surface area contributed by atoms with Crippen LogP contribution in [-0.4, -0.2) is 48.2 Å². The second-order valence-electron chi connectivity index (χ2n) is 8.61. The van der Waals surface area contributed by atoms with Gasteiger partial charge >= 0.3 is 0 Å². The molecule has 7 heteroatoms. The third-order valence-corrected chi connectivity index (χ3v) is 6.70. The number of para-hydroxylation sites is 1. The first kappa shape index (κ1) is 19.0. The van der Waals surface area contributed by atoms with Crippen LogP contribution in [0.2, 0.25) is 0 Å². The summed E-state index contributed by atoms with van der Waals surface area (Å²) in [5.41, 5.74) is 2.62. The van der Waals surface area contributed by atoms with Crippen LogP contribution in [0.5, 0.6) is 0 Å². The van der Waals surface area contributed by atoms with Crippen LogP contribution >= 0.6 is 0 Å². The highest BCUT2D eigenvalue weighted by Crippen LogP contribution is 2.34. The van der Waals surface area contributed by atoms with Gasteiger partial charge in [-0.1, -0.05) is 25.0 Å². The predicted octanol–water partition coefficient (Wildman–Crippen LogP) is 3.99. The van der Waals surface area contributed by atoms with E-state index in [0.717, 1.165) is 25.1 Å². The van der Waals surface area contributed by atoms with Crippen molar-refractivity contribution >= 4 is 5.91 Å². The molecule has 1 aliphatic carbocycles. The van der Waals surface area contributed by atoms with Crippen molar-refractivity contribution < 1.29 is 4.79 Å². The summed E-state index contributed by atoms with van der Waals surface area (Å²) in [5.74, 6) is 0.374. The molecule has 0 spiro atoms. The second-order valence-corrected chi connectivity index (χ2v) is 8.61. The second kappa shape index (κ2) is 8.05. The van der Waals surface area contributed by atoms with Crippen molar-refractivity contribution in [2.45, 2.75) is 63.5 Å². The molecule has 1 amide bonds. The average Bonchev–Trinajstić information content (AvgIpc) is 3.56. The van der Waals surface area contributed by atoms with E-state index in [1.54, 1.807) is 12.4 Å². The summed E-state index contributed by atoms with van der Waals surface area (Å²) in [5, 5.41) is 13.1. The summed E-state index contributed by atoms with van der Waals surface area (Å²) < 4.78 is 2.16. The van der Waals surface area contributed by atoms with Gasteiger partial charge in [-0.05, 0) is 50.3 Å². The van der Waals surface area contributed by atoms with E-state index in [1.807, 2.05) is 35.4 Å². The summed E-state index contributed by atoms with van der Waals surface area (Å²) in [6.07, 6.45) is 14.6. The lowest BCUT2D eigenvalue weighted by Crippen LogP contribution is -2.45. The van der Waals surface area contributed by atoms with Gasteiger partial charge in [0, 0.05) is 24.7 Å². The number of rotatable bonds is 4.